The Labute approximate surface area is 400 Å². The van der Waals surface area contributed by atoms with Gasteiger partial charge in [-0.15, -0.1) is 0 Å². The van der Waals surface area contributed by atoms with Crippen LogP contribution in [0.5, 0.6) is 0 Å². The molecule has 1 atom stereocenters. The first-order chi connectivity index (χ1) is 31.7. The third-order valence-electron chi connectivity index (χ3n) is 14.2. The molecule has 0 aliphatic carbocycles. The SMILES string of the molecule is CC(C)(c1ccccc1)c1ccc(C(CCC(O)C(CO)(CO)CO)c2ccc(C(C)(C)c3ccccc3)cc2C(C)(C)c2ccccc2)c(C(C)(C)c2ccccc2)c1.OP(O)OP(O)O. The third-order valence-corrected chi connectivity index (χ3v) is 15.3. The molecule has 6 rings (SSSR count). The van der Waals surface area contributed by atoms with Gasteiger partial charge >= 0.3 is 17.2 Å². The Morgan fingerprint density at radius 1 is 0.403 bits per heavy atom. The molecule has 0 saturated carbocycles. The van der Waals surface area contributed by atoms with E-state index in [0.717, 1.165) is 11.1 Å². The molecule has 0 spiro atoms. The van der Waals surface area contributed by atoms with E-state index < -0.39 is 59.4 Å². The number of hydrogen-bond donors (Lipinski definition) is 8. The van der Waals surface area contributed by atoms with Crippen LogP contribution in [0.3, 0.4) is 0 Å². The standard InChI is InChI=1S/C56H66O4.H4O5P2/c1-52(2,40-21-13-9-14-22-40)44-29-31-47(49(35-44)54(5,6)42-25-17-11-18-26-42)46(33-34-51(60)56(37-57,38-58)39-59)48-32-30-45(53(3,4)41-23-15-10-16-24-41)36-50(48)55(7,8)43-27-19-12-20-28-43;1-6(2)5-7(3)4/h9-32,35-36,46,51,57-60H,33-34,37-39H2,1-8H3;1-4H. The minimum absolute atomic E-state index is 0.216. The van der Waals surface area contributed by atoms with Gasteiger partial charge in [-0.1, -0.05) is 213 Å². The van der Waals surface area contributed by atoms with Gasteiger partial charge in [-0.05, 0) is 68.5 Å². The molecule has 0 saturated heterocycles. The van der Waals surface area contributed by atoms with Gasteiger partial charge in [0.25, 0.3) is 0 Å². The van der Waals surface area contributed by atoms with E-state index in [9.17, 15) is 20.4 Å². The van der Waals surface area contributed by atoms with Gasteiger partial charge in [-0.25, -0.2) is 4.31 Å². The molecule has 6 aromatic rings. The summed E-state index contributed by atoms with van der Waals surface area (Å²) in [5.74, 6) is -0.216. The van der Waals surface area contributed by atoms with Gasteiger partial charge < -0.3 is 40.0 Å². The summed E-state index contributed by atoms with van der Waals surface area (Å²) in [6, 6.07) is 56.7. The summed E-state index contributed by atoms with van der Waals surface area (Å²) in [6.45, 7) is 16.8. The molecule has 0 aliphatic heterocycles. The molecule has 0 amide bonds. The largest absolute Gasteiger partial charge is 0.396 e. The van der Waals surface area contributed by atoms with E-state index >= 15 is 0 Å². The Hall–Kier alpha value is -4.18. The Morgan fingerprint density at radius 3 is 0.970 bits per heavy atom. The van der Waals surface area contributed by atoms with Crippen molar-refractivity contribution < 1.29 is 44.3 Å². The highest BCUT2D eigenvalue weighted by Gasteiger charge is 2.40. The lowest BCUT2D eigenvalue weighted by molar-refractivity contribution is -0.0864. The molecule has 0 heterocycles. The highest BCUT2D eigenvalue weighted by Crippen LogP contribution is 2.48. The maximum Gasteiger partial charge on any atom is 0.334 e. The van der Waals surface area contributed by atoms with Crippen LogP contribution >= 0.6 is 17.2 Å². The molecular formula is C56H70O9P2. The Kier molecular flexibility index (Phi) is 18.4. The van der Waals surface area contributed by atoms with Crippen molar-refractivity contribution >= 4 is 17.2 Å². The van der Waals surface area contributed by atoms with E-state index in [2.05, 4.69) is 217 Å². The van der Waals surface area contributed by atoms with Gasteiger partial charge in [-0.2, -0.15) is 0 Å². The number of benzene rings is 6. The maximum atomic E-state index is 11.8. The van der Waals surface area contributed by atoms with Crippen LogP contribution in [0.25, 0.3) is 0 Å². The normalized spacial score (nSPS) is 13.2. The van der Waals surface area contributed by atoms with Crippen LogP contribution in [0.15, 0.2) is 158 Å². The molecule has 0 aromatic heterocycles. The van der Waals surface area contributed by atoms with E-state index in [1.54, 1.807) is 0 Å². The number of hydrogen-bond acceptors (Lipinski definition) is 9. The average molecular weight is 949 g/mol. The molecule has 358 valence electrons. The molecule has 9 nitrogen and oxygen atoms in total. The predicted octanol–water partition coefficient (Wildman–Crippen LogP) is 10.7. The second kappa shape index (κ2) is 23.0. The summed E-state index contributed by atoms with van der Waals surface area (Å²) in [4.78, 5) is 31.3. The van der Waals surface area contributed by atoms with Crippen LogP contribution in [0.2, 0.25) is 0 Å². The van der Waals surface area contributed by atoms with E-state index in [-0.39, 0.29) is 23.2 Å². The van der Waals surface area contributed by atoms with Gasteiger partial charge in [-0.3, -0.25) is 0 Å². The Balaban J connectivity index is 0.00000111. The number of aliphatic hydroxyl groups excluding tert-OH is 4. The quantitative estimate of drug-likeness (QED) is 0.0368. The monoisotopic (exact) mass is 948 g/mol. The molecule has 0 radical (unpaired) electrons. The first-order valence-electron chi connectivity index (χ1n) is 22.7. The van der Waals surface area contributed by atoms with E-state index in [0.29, 0.717) is 6.42 Å². The molecule has 0 aliphatic rings. The van der Waals surface area contributed by atoms with Crippen molar-refractivity contribution in [2.24, 2.45) is 5.41 Å². The fraction of sp³-hybridized carbons (Fsp3) is 0.357. The van der Waals surface area contributed by atoms with Gasteiger partial charge in [0.2, 0.25) is 0 Å². The van der Waals surface area contributed by atoms with Gasteiger partial charge in [0.05, 0.1) is 31.3 Å². The van der Waals surface area contributed by atoms with Crippen molar-refractivity contribution in [3.8, 4) is 0 Å². The fourth-order valence-electron chi connectivity index (χ4n) is 9.28. The summed E-state index contributed by atoms with van der Waals surface area (Å²) < 4.78 is 3.60. The van der Waals surface area contributed by atoms with Crippen molar-refractivity contribution in [1.29, 1.82) is 0 Å². The van der Waals surface area contributed by atoms with Crippen LogP contribution in [0.1, 0.15) is 130 Å². The third kappa shape index (κ3) is 12.4. The minimum Gasteiger partial charge on any atom is -0.396 e. The lowest BCUT2D eigenvalue weighted by Gasteiger charge is -2.38. The van der Waals surface area contributed by atoms with Gasteiger partial charge in [0.1, 0.15) is 0 Å². The predicted molar refractivity (Wildman–Crippen MR) is 272 cm³/mol. The highest BCUT2D eigenvalue weighted by molar-refractivity contribution is 7.53. The highest BCUT2D eigenvalue weighted by atomic mass is 31.2. The molecular weight excluding hydrogens is 879 g/mol. The van der Waals surface area contributed by atoms with Crippen molar-refractivity contribution in [2.75, 3.05) is 19.8 Å². The first-order valence-corrected chi connectivity index (χ1v) is 25.1. The zero-order valence-electron chi connectivity index (χ0n) is 40.1. The molecule has 1 unspecified atom stereocenters. The van der Waals surface area contributed by atoms with E-state index in [1.807, 2.05) is 0 Å². The summed E-state index contributed by atoms with van der Waals surface area (Å²) in [7, 11) is -5.22. The second-order valence-corrected chi connectivity index (χ2v) is 21.3. The topological polar surface area (TPSA) is 171 Å². The van der Waals surface area contributed by atoms with Crippen molar-refractivity contribution in [3.63, 3.8) is 0 Å². The van der Waals surface area contributed by atoms with E-state index in [1.165, 1.54) is 44.5 Å². The lowest BCUT2D eigenvalue weighted by atomic mass is 9.66. The van der Waals surface area contributed by atoms with E-state index in [4.69, 9.17) is 19.6 Å². The summed E-state index contributed by atoms with van der Waals surface area (Å²) in [5.41, 5.74) is 9.13. The Morgan fingerprint density at radius 2 is 0.701 bits per heavy atom. The van der Waals surface area contributed by atoms with Crippen LogP contribution in [0, 0.1) is 5.41 Å². The minimum atomic E-state index is -2.61. The molecule has 0 bridgehead atoms. The van der Waals surface area contributed by atoms with Gasteiger partial charge in [0, 0.05) is 27.6 Å². The van der Waals surface area contributed by atoms with Crippen LogP contribution in [-0.4, -0.2) is 65.9 Å². The smallest absolute Gasteiger partial charge is 0.334 e. The van der Waals surface area contributed by atoms with Gasteiger partial charge in [0.15, 0.2) is 0 Å². The fourth-order valence-corrected chi connectivity index (χ4v) is 9.81. The second-order valence-electron chi connectivity index (χ2n) is 19.6. The average Bonchev–Trinajstić information content (AvgIpc) is 3.33. The summed E-state index contributed by atoms with van der Waals surface area (Å²) in [5, 5.41) is 43.1. The van der Waals surface area contributed by atoms with Crippen LogP contribution in [0.4, 0.5) is 0 Å². The molecule has 6 aromatic carbocycles. The molecule has 11 heteroatoms. The molecule has 67 heavy (non-hydrogen) atoms. The summed E-state index contributed by atoms with van der Waals surface area (Å²) >= 11 is 0. The Bertz CT molecular complexity index is 2270. The van der Waals surface area contributed by atoms with Crippen LogP contribution in [-0.2, 0) is 26.0 Å². The first kappa shape index (κ1) is 53.8. The number of rotatable bonds is 19. The maximum absolute atomic E-state index is 11.8. The van der Waals surface area contributed by atoms with Crippen molar-refractivity contribution in [3.05, 3.63) is 213 Å². The van der Waals surface area contributed by atoms with Crippen molar-refractivity contribution in [2.45, 2.75) is 102 Å². The molecule has 8 N–H and O–H groups in total. The van der Waals surface area contributed by atoms with Crippen LogP contribution < -0.4 is 0 Å². The number of aliphatic hydroxyl groups is 4. The molecule has 0 fully saturated rings. The lowest BCUT2D eigenvalue weighted by Crippen LogP contribution is -2.45. The van der Waals surface area contributed by atoms with Crippen molar-refractivity contribution in [1.82, 2.24) is 0 Å². The summed E-state index contributed by atoms with van der Waals surface area (Å²) in [6.07, 6.45) is -0.401. The zero-order chi connectivity index (χ0) is 49.2. The zero-order valence-corrected chi connectivity index (χ0v) is 41.9.